The molecule has 1 amide bonds. The van der Waals surface area contributed by atoms with Gasteiger partial charge in [0.15, 0.2) is 5.11 Å². The Balaban J connectivity index is 3.13. The van der Waals surface area contributed by atoms with Crippen LogP contribution in [-0.2, 0) is 14.3 Å². The summed E-state index contributed by atoms with van der Waals surface area (Å²) in [5.74, 6) is -1.19. The van der Waals surface area contributed by atoms with Crippen LogP contribution in [0.2, 0.25) is 0 Å². The SMILES string of the molecule is CCC(CC)O[C@@H]1C=C(C(=O)O)C[C@H](NC(=S)NC)[C@H]1NC(C)=O. The van der Waals surface area contributed by atoms with E-state index < -0.39 is 18.1 Å². The minimum atomic E-state index is -0.989. The van der Waals surface area contributed by atoms with Gasteiger partial charge in [-0.25, -0.2) is 4.79 Å². The molecule has 4 N–H and O–H groups in total. The number of hydrogen-bond acceptors (Lipinski definition) is 4. The van der Waals surface area contributed by atoms with Crippen molar-refractivity contribution in [2.24, 2.45) is 0 Å². The summed E-state index contributed by atoms with van der Waals surface area (Å²) in [6, 6.07) is -0.776. The summed E-state index contributed by atoms with van der Waals surface area (Å²) < 4.78 is 6.07. The highest BCUT2D eigenvalue weighted by atomic mass is 32.1. The largest absolute Gasteiger partial charge is 0.478 e. The first kappa shape index (κ1) is 20.4. The van der Waals surface area contributed by atoms with E-state index >= 15 is 0 Å². The molecule has 0 heterocycles. The molecule has 1 aliphatic rings. The van der Waals surface area contributed by atoms with E-state index in [1.807, 2.05) is 13.8 Å². The smallest absolute Gasteiger partial charge is 0.331 e. The average molecular weight is 357 g/mol. The summed E-state index contributed by atoms with van der Waals surface area (Å²) >= 11 is 5.14. The third kappa shape index (κ3) is 5.76. The van der Waals surface area contributed by atoms with Crippen LogP contribution in [0.1, 0.15) is 40.0 Å². The second kappa shape index (κ2) is 9.58. The molecule has 136 valence electrons. The Bertz CT molecular complexity index is 506. The minimum Gasteiger partial charge on any atom is -0.478 e. The fourth-order valence-electron chi connectivity index (χ4n) is 2.75. The quantitative estimate of drug-likeness (QED) is 0.503. The summed E-state index contributed by atoms with van der Waals surface area (Å²) in [6.45, 7) is 5.45. The molecular formula is C16H27N3O4S. The van der Waals surface area contributed by atoms with Crippen LogP contribution in [0, 0.1) is 0 Å². The Hall–Kier alpha value is -1.67. The van der Waals surface area contributed by atoms with Crippen molar-refractivity contribution in [3.8, 4) is 0 Å². The number of aliphatic carboxylic acids is 1. The van der Waals surface area contributed by atoms with E-state index in [2.05, 4.69) is 16.0 Å². The standard InChI is InChI=1S/C16H27N3O4S/c1-5-11(6-2)23-13-8-10(15(21)22)7-12(19-16(24)17-4)14(13)18-9(3)20/h8,11-14H,5-7H2,1-4H3,(H,18,20)(H,21,22)(H2,17,19,24)/t12-,13+,14+/m0/s1. The van der Waals surface area contributed by atoms with E-state index in [0.717, 1.165) is 12.8 Å². The van der Waals surface area contributed by atoms with Gasteiger partial charge in [-0.15, -0.1) is 0 Å². The Labute approximate surface area is 148 Å². The predicted molar refractivity (Wildman–Crippen MR) is 95.8 cm³/mol. The molecule has 0 radical (unpaired) electrons. The summed E-state index contributed by atoms with van der Waals surface area (Å²) in [7, 11) is 1.68. The van der Waals surface area contributed by atoms with Gasteiger partial charge in [0, 0.05) is 26.0 Å². The average Bonchev–Trinajstić information content (AvgIpc) is 2.53. The van der Waals surface area contributed by atoms with Crippen molar-refractivity contribution in [3.05, 3.63) is 11.6 Å². The van der Waals surface area contributed by atoms with Crippen molar-refractivity contribution in [2.75, 3.05) is 7.05 Å². The fourth-order valence-corrected chi connectivity index (χ4v) is 2.90. The van der Waals surface area contributed by atoms with Crippen LogP contribution < -0.4 is 16.0 Å². The van der Waals surface area contributed by atoms with Crippen LogP contribution in [0.3, 0.4) is 0 Å². The molecule has 7 nitrogen and oxygen atoms in total. The van der Waals surface area contributed by atoms with Gasteiger partial charge >= 0.3 is 5.97 Å². The zero-order valence-electron chi connectivity index (χ0n) is 14.6. The van der Waals surface area contributed by atoms with Crippen molar-refractivity contribution in [3.63, 3.8) is 0 Å². The Morgan fingerprint density at radius 1 is 1.38 bits per heavy atom. The number of rotatable bonds is 7. The first-order chi connectivity index (χ1) is 11.3. The minimum absolute atomic E-state index is 0.00689. The van der Waals surface area contributed by atoms with Crippen LogP contribution in [0.5, 0.6) is 0 Å². The number of carboxylic acid groups (broad SMARTS) is 1. The first-order valence-corrected chi connectivity index (χ1v) is 8.57. The molecule has 0 saturated heterocycles. The lowest BCUT2D eigenvalue weighted by Crippen LogP contribution is -2.60. The lowest BCUT2D eigenvalue weighted by Gasteiger charge is -2.38. The molecule has 0 spiro atoms. The van der Waals surface area contributed by atoms with Crippen LogP contribution in [0.25, 0.3) is 0 Å². The molecule has 0 saturated carbocycles. The molecule has 0 aliphatic heterocycles. The molecule has 0 bridgehead atoms. The maximum Gasteiger partial charge on any atom is 0.331 e. The zero-order chi connectivity index (χ0) is 18.3. The van der Waals surface area contributed by atoms with Gasteiger partial charge in [-0.1, -0.05) is 13.8 Å². The molecule has 0 unspecified atom stereocenters. The van der Waals surface area contributed by atoms with Crippen LogP contribution in [-0.4, -0.2) is 53.4 Å². The van der Waals surface area contributed by atoms with Gasteiger partial charge in [0.2, 0.25) is 5.91 Å². The summed E-state index contributed by atoms with van der Waals surface area (Å²) in [5.41, 5.74) is 0.254. The Kier molecular flexibility index (Phi) is 8.14. The van der Waals surface area contributed by atoms with E-state index in [1.165, 1.54) is 6.92 Å². The Morgan fingerprint density at radius 3 is 2.46 bits per heavy atom. The van der Waals surface area contributed by atoms with Gasteiger partial charge in [-0.2, -0.15) is 0 Å². The second-order valence-electron chi connectivity index (χ2n) is 5.80. The van der Waals surface area contributed by atoms with Gasteiger partial charge in [0.25, 0.3) is 0 Å². The van der Waals surface area contributed by atoms with Gasteiger partial charge < -0.3 is 25.8 Å². The highest BCUT2D eigenvalue weighted by molar-refractivity contribution is 7.80. The zero-order valence-corrected chi connectivity index (χ0v) is 15.4. The molecule has 24 heavy (non-hydrogen) atoms. The van der Waals surface area contributed by atoms with E-state index in [1.54, 1.807) is 13.1 Å². The topological polar surface area (TPSA) is 99.7 Å². The van der Waals surface area contributed by atoms with Gasteiger partial charge in [-0.3, -0.25) is 4.79 Å². The number of ether oxygens (including phenoxy) is 1. The van der Waals surface area contributed by atoms with E-state index in [4.69, 9.17) is 17.0 Å². The van der Waals surface area contributed by atoms with E-state index in [-0.39, 0.29) is 30.0 Å². The molecule has 0 fully saturated rings. The van der Waals surface area contributed by atoms with Gasteiger partial charge in [0.1, 0.15) is 0 Å². The number of amides is 1. The van der Waals surface area contributed by atoms with Crippen LogP contribution >= 0.6 is 12.2 Å². The highest BCUT2D eigenvalue weighted by Crippen LogP contribution is 2.24. The number of nitrogens with one attached hydrogen (secondary N) is 3. The monoisotopic (exact) mass is 357 g/mol. The maximum absolute atomic E-state index is 11.6. The van der Waals surface area contributed by atoms with E-state index in [9.17, 15) is 14.7 Å². The van der Waals surface area contributed by atoms with Crippen LogP contribution in [0.4, 0.5) is 0 Å². The lowest BCUT2D eigenvalue weighted by molar-refractivity contribution is -0.133. The summed E-state index contributed by atoms with van der Waals surface area (Å²) in [6.07, 6.45) is 2.92. The summed E-state index contributed by atoms with van der Waals surface area (Å²) in [4.78, 5) is 23.1. The van der Waals surface area contributed by atoms with Gasteiger partial charge in [0.05, 0.1) is 24.3 Å². The third-order valence-electron chi connectivity index (χ3n) is 4.04. The fraction of sp³-hybridized carbons (Fsp3) is 0.688. The number of hydrogen-bond donors (Lipinski definition) is 4. The normalized spacial score (nSPS) is 23.4. The molecule has 0 aromatic heterocycles. The number of carbonyl (C=O) groups is 2. The predicted octanol–water partition coefficient (Wildman–Crippen LogP) is 0.942. The number of thiocarbonyl (C=S) groups is 1. The third-order valence-corrected chi connectivity index (χ3v) is 4.36. The van der Waals surface area contributed by atoms with Crippen molar-refractivity contribution in [1.29, 1.82) is 0 Å². The lowest BCUT2D eigenvalue weighted by atomic mass is 9.87. The number of carboxylic acids is 1. The highest BCUT2D eigenvalue weighted by Gasteiger charge is 2.37. The number of carbonyl (C=O) groups excluding carboxylic acids is 1. The van der Waals surface area contributed by atoms with Crippen molar-refractivity contribution in [2.45, 2.75) is 64.3 Å². The Morgan fingerprint density at radius 2 is 2.00 bits per heavy atom. The molecule has 1 rings (SSSR count). The van der Waals surface area contributed by atoms with Crippen molar-refractivity contribution in [1.82, 2.24) is 16.0 Å². The molecule has 3 atom stereocenters. The molecular weight excluding hydrogens is 330 g/mol. The van der Waals surface area contributed by atoms with Crippen LogP contribution in [0.15, 0.2) is 11.6 Å². The summed E-state index contributed by atoms with van der Waals surface area (Å²) in [5, 5.41) is 18.5. The first-order valence-electron chi connectivity index (χ1n) is 8.17. The van der Waals surface area contributed by atoms with Crippen molar-refractivity contribution < 1.29 is 19.4 Å². The molecule has 0 aromatic rings. The maximum atomic E-state index is 11.6. The molecule has 8 heteroatoms. The van der Waals surface area contributed by atoms with Crippen molar-refractivity contribution >= 4 is 29.2 Å². The molecule has 1 aliphatic carbocycles. The van der Waals surface area contributed by atoms with Gasteiger partial charge in [-0.05, 0) is 31.1 Å². The van der Waals surface area contributed by atoms with E-state index in [0.29, 0.717) is 5.11 Å². The second-order valence-corrected chi connectivity index (χ2v) is 6.20. The molecule has 0 aromatic carbocycles.